The predicted molar refractivity (Wildman–Crippen MR) is 47.8 cm³/mol. The summed E-state index contributed by atoms with van der Waals surface area (Å²) in [6.45, 7) is 3.40. The van der Waals surface area contributed by atoms with E-state index in [1.807, 2.05) is 0 Å². The molecule has 5 nitrogen and oxygen atoms in total. The van der Waals surface area contributed by atoms with E-state index in [9.17, 15) is 4.79 Å². The van der Waals surface area contributed by atoms with Crippen LogP contribution in [-0.2, 0) is 14.3 Å². The van der Waals surface area contributed by atoms with E-state index < -0.39 is 24.0 Å². The quantitative estimate of drug-likeness (QED) is 0.691. The smallest absolute Gasteiger partial charge is 0.335 e. The van der Waals surface area contributed by atoms with E-state index in [0.717, 1.165) is 0 Å². The van der Waals surface area contributed by atoms with Crippen molar-refractivity contribution in [2.75, 3.05) is 6.61 Å². The standard InChI is InChI=1S/C9H16O5/c1-9(2)13-6(4-3-5-10)7(14-9)8(11)12/h6-7,10H,3-5H2,1-2H3,(H,11,12). The molecule has 0 aliphatic carbocycles. The van der Waals surface area contributed by atoms with Crippen LogP contribution in [0.15, 0.2) is 0 Å². The predicted octanol–water partition coefficient (Wildman–Crippen LogP) is 0.364. The van der Waals surface area contributed by atoms with Crippen LogP contribution in [0.2, 0.25) is 0 Å². The first-order valence-corrected chi connectivity index (χ1v) is 4.65. The van der Waals surface area contributed by atoms with Gasteiger partial charge < -0.3 is 19.7 Å². The molecule has 1 saturated heterocycles. The molecule has 0 saturated carbocycles. The number of carboxylic acids is 1. The highest BCUT2D eigenvalue weighted by atomic mass is 16.8. The summed E-state index contributed by atoms with van der Waals surface area (Å²) in [7, 11) is 0. The van der Waals surface area contributed by atoms with Gasteiger partial charge in [0.05, 0.1) is 6.10 Å². The second-order valence-electron chi connectivity index (χ2n) is 3.80. The molecule has 1 rings (SSSR count). The van der Waals surface area contributed by atoms with E-state index in [2.05, 4.69) is 0 Å². The monoisotopic (exact) mass is 204 g/mol. The summed E-state index contributed by atoms with van der Waals surface area (Å²) in [6, 6.07) is 0. The average Bonchev–Trinajstić information content (AvgIpc) is 2.38. The molecule has 0 spiro atoms. The van der Waals surface area contributed by atoms with Crippen LogP contribution < -0.4 is 0 Å². The Balaban J connectivity index is 2.58. The number of aliphatic carboxylic acids is 1. The molecule has 0 bridgehead atoms. The summed E-state index contributed by atoms with van der Waals surface area (Å²) in [5.74, 6) is -1.86. The fourth-order valence-electron chi connectivity index (χ4n) is 1.55. The van der Waals surface area contributed by atoms with Crippen molar-refractivity contribution in [3.8, 4) is 0 Å². The van der Waals surface area contributed by atoms with Crippen LogP contribution in [0.4, 0.5) is 0 Å². The fourth-order valence-corrected chi connectivity index (χ4v) is 1.55. The summed E-state index contributed by atoms with van der Waals surface area (Å²) in [5.41, 5.74) is 0. The second kappa shape index (κ2) is 4.25. The lowest BCUT2D eigenvalue weighted by molar-refractivity contribution is -0.165. The molecule has 0 aromatic carbocycles. The van der Waals surface area contributed by atoms with E-state index in [4.69, 9.17) is 19.7 Å². The highest BCUT2D eigenvalue weighted by Crippen LogP contribution is 2.30. The van der Waals surface area contributed by atoms with Crippen LogP contribution in [0, 0.1) is 0 Å². The molecule has 1 fully saturated rings. The van der Waals surface area contributed by atoms with Gasteiger partial charge in [-0.25, -0.2) is 4.79 Å². The molecular weight excluding hydrogens is 188 g/mol. The molecule has 1 heterocycles. The van der Waals surface area contributed by atoms with Gasteiger partial charge in [-0.1, -0.05) is 0 Å². The van der Waals surface area contributed by atoms with Crippen molar-refractivity contribution in [3.63, 3.8) is 0 Å². The van der Waals surface area contributed by atoms with Crippen molar-refractivity contribution in [2.45, 2.75) is 44.7 Å². The maximum Gasteiger partial charge on any atom is 0.335 e. The molecule has 82 valence electrons. The molecule has 1 aliphatic heterocycles. The topological polar surface area (TPSA) is 76.0 Å². The lowest BCUT2D eigenvalue weighted by Gasteiger charge is -2.16. The zero-order valence-electron chi connectivity index (χ0n) is 8.40. The summed E-state index contributed by atoms with van der Waals surface area (Å²) in [6.07, 6.45) is -0.365. The average molecular weight is 204 g/mol. The summed E-state index contributed by atoms with van der Waals surface area (Å²) in [4.78, 5) is 10.8. The Bertz CT molecular complexity index is 213. The Morgan fingerprint density at radius 1 is 1.43 bits per heavy atom. The number of carbonyl (C=O) groups is 1. The second-order valence-corrected chi connectivity index (χ2v) is 3.80. The van der Waals surface area contributed by atoms with Crippen LogP contribution in [0.3, 0.4) is 0 Å². The summed E-state index contributed by atoms with van der Waals surface area (Å²) >= 11 is 0. The lowest BCUT2D eigenvalue weighted by atomic mass is 10.1. The van der Waals surface area contributed by atoms with Gasteiger partial charge in [-0.2, -0.15) is 0 Å². The third-order valence-corrected chi connectivity index (χ3v) is 2.07. The minimum Gasteiger partial charge on any atom is -0.479 e. The number of aliphatic hydroxyl groups is 1. The molecule has 2 unspecified atom stereocenters. The number of carboxylic acid groups (broad SMARTS) is 1. The Kier molecular flexibility index (Phi) is 3.47. The number of hydrogen-bond acceptors (Lipinski definition) is 4. The molecule has 2 N–H and O–H groups in total. The van der Waals surface area contributed by atoms with Crippen molar-refractivity contribution < 1.29 is 24.5 Å². The molecule has 0 aromatic heterocycles. The van der Waals surface area contributed by atoms with E-state index >= 15 is 0 Å². The maximum absolute atomic E-state index is 10.8. The van der Waals surface area contributed by atoms with Crippen LogP contribution in [-0.4, -0.2) is 40.8 Å². The van der Waals surface area contributed by atoms with E-state index in [1.54, 1.807) is 13.8 Å². The van der Waals surface area contributed by atoms with Gasteiger partial charge in [0.15, 0.2) is 11.9 Å². The van der Waals surface area contributed by atoms with Crippen LogP contribution in [0.5, 0.6) is 0 Å². The first kappa shape index (κ1) is 11.4. The number of ether oxygens (including phenoxy) is 2. The number of hydrogen-bond donors (Lipinski definition) is 2. The number of aliphatic hydroxyl groups excluding tert-OH is 1. The third-order valence-electron chi connectivity index (χ3n) is 2.07. The Labute approximate surface area is 82.6 Å². The van der Waals surface area contributed by atoms with Gasteiger partial charge >= 0.3 is 5.97 Å². The SMILES string of the molecule is CC1(C)OC(CCCO)C(C(=O)O)O1. The van der Waals surface area contributed by atoms with Crippen LogP contribution in [0.25, 0.3) is 0 Å². The Morgan fingerprint density at radius 3 is 2.57 bits per heavy atom. The van der Waals surface area contributed by atoms with Crippen molar-refractivity contribution in [1.82, 2.24) is 0 Å². The molecule has 14 heavy (non-hydrogen) atoms. The summed E-state index contributed by atoms with van der Waals surface area (Å²) in [5, 5.41) is 17.5. The molecule has 5 heteroatoms. The molecule has 1 aliphatic rings. The largest absolute Gasteiger partial charge is 0.479 e. The fraction of sp³-hybridized carbons (Fsp3) is 0.889. The van der Waals surface area contributed by atoms with E-state index in [0.29, 0.717) is 12.8 Å². The molecule has 0 radical (unpaired) electrons. The lowest BCUT2D eigenvalue weighted by Crippen LogP contribution is -2.31. The summed E-state index contributed by atoms with van der Waals surface area (Å²) < 4.78 is 10.6. The van der Waals surface area contributed by atoms with Crippen molar-refractivity contribution in [1.29, 1.82) is 0 Å². The zero-order valence-corrected chi connectivity index (χ0v) is 8.40. The van der Waals surface area contributed by atoms with Gasteiger partial charge in [-0.15, -0.1) is 0 Å². The van der Waals surface area contributed by atoms with Gasteiger partial charge in [0, 0.05) is 6.61 Å². The van der Waals surface area contributed by atoms with Crippen LogP contribution >= 0.6 is 0 Å². The minimum atomic E-state index is -1.02. The van der Waals surface area contributed by atoms with Crippen molar-refractivity contribution in [2.24, 2.45) is 0 Å². The highest BCUT2D eigenvalue weighted by molar-refractivity contribution is 5.73. The first-order chi connectivity index (χ1) is 6.46. The first-order valence-electron chi connectivity index (χ1n) is 4.65. The van der Waals surface area contributed by atoms with Crippen LogP contribution in [0.1, 0.15) is 26.7 Å². The van der Waals surface area contributed by atoms with E-state index in [-0.39, 0.29) is 6.61 Å². The van der Waals surface area contributed by atoms with Gasteiger partial charge in [0.25, 0.3) is 0 Å². The highest BCUT2D eigenvalue weighted by Gasteiger charge is 2.44. The third kappa shape index (κ3) is 2.67. The minimum absolute atomic E-state index is 0.0344. The van der Waals surface area contributed by atoms with Gasteiger partial charge in [-0.05, 0) is 26.7 Å². The van der Waals surface area contributed by atoms with Crippen molar-refractivity contribution >= 4 is 5.97 Å². The zero-order chi connectivity index (χ0) is 10.8. The van der Waals surface area contributed by atoms with Gasteiger partial charge in [0.1, 0.15) is 0 Å². The molecule has 0 amide bonds. The van der Waals surface area contributed by atoms with Gasteiger partial charge in [0.2, 0.25) is 0 Å². The maximum atomic E-state index is 10.8. The molecule has 0 aromatic rings. The molecule has 2 atom stereocenters. The Morgan fingerprint density at radius 2 is 2.07 bits per heavy atom. The number of rotatable bonds is 4. The normalized spacial score (nSPS) is 30.5. The van der Waals surface area contributed by atoms with Crippen molar-refractivity contribution in [3.05, 3.63) is 0 Å². The Hall–Kier alpha value is -0.650. The van der Waals surface area contributed by atoms with Gasteiger partial charge in [-0.3, -0.25) is 0 Å². The molecular formula is C9H16O5. The van der Waals surface area contributed by atoms with E-state index in [1.165, 1.54) is 0 Å².